The lowest BCUT2D eigenvalue weighted by atomic mass is 10.2. The number of methoxy groups -OCH3 is 1. The van der Waals surface area contributed by atoms with Crippen LogP contribution in [0.25, 0.3) is 0 Å². The van der Waals surface area contributed by atoms with Crippen molar-refractivity contribution in [3.8, 4) is 0 Å². The van der Waals surface area contributed by atoms with Crippen LogP contribution in [0.3, 0.4) is 0 Å². The number of amides is 1. The van der Waals surface area contributed by atoms with Crippen molar-refractivity contribution in [1.29, 1.82) is 0 Å². The van der Waals surface area contributed by atoms with E-state index in [1.54, 1.807) is 6.92 Å². The lowest BCUT2D eigenvalue weighted by Gasteiger charge is -2.22. The third-order valence-electron chi connectivity index (χ3n) is 3.81. The van der Waals surface area contributed by atoms with Gasteiger partial charge in [0.25, 0.3) is 0 Å². The van der Waals surface area contributed by atoms with Crippen LogP contribution in [0.1, 0.15) is 18.1 Å². The van der Waals surface area contributed by atoms with Crippen LogP contribution >= 0.6 is 0 Å². The number of benzene rings is 2. The Kier molecular flexibility index (Phi) is 7.64. The second-order valence-electron chi connectivity index (χ2n) is 5.72. The molecule has 0 saturated carbocycles. The zero-order valence-corrected chi connectivity index (χ0v) is 14.9. The summed E-state index contributed by atoms with van der Waals surface area (Å²) in [7, 11) is 1.46. The second kappa shape index (κ2) is 10.2. The van der Waals surface area contributed by atoms with E-state index in [9.17, 15) is 9.59 Å². The third-order valence-corrected chi connectivity index (χ3v) is 3.81. The molecule has 2 rings (SSSR count). The van der Waals surface area contributed by atoms with Gasteiger partial charge in [0.2, 0.25) is 0 Å². The predicted octanol–water partition coefficient (Wildman–Crippen LogP) is 3.06. The van der Waals surface area contributed by atoms with Crippen LogP contribution in [0, 0.1) is 0 Å². The molecule has 0 heterocycles. The van der Waals surface area contributed by atoms with Crippen LogP contribution in [0.2, 0.25) is 0 Å². The summed E-state index contributed by atoms with van der Waals surface area (Å²) >= 11 is 0. The Morgan fingerprint density at radius 3 is 1.88 bits per heavy atom. The zero-order valence-electron chi connectivity index (χ0n) is 14.9. The topological polar surface area (TPSA) is 73.9 Å². The minimum atomic E-state index is -0.966. The molecule has 0 fully saturated rings. The summed E-state index contributed by atoms with van der Waals surface area (Å²) in [5, 5.41) is 2.51. The number of rotatable bonds is 8. The van der Waals surface area contributed by atoms with Gasteiger partial charge >= 0.3 is 12.1 Å². The number of carbonyl (C=O) groups excluding carboxylic acids is 2. The molecule has 2 aromatic rings. The van der Waals surface area contributed by atoms with Crippen LogP contribution in [0.5, 0.6) is 0 Å². The van der Waals surface area contributed by atoms with Crippen molar-refractivity contribution in [2.45, 2.75) is 32.3 Å². The summed E-state index contributed by atoms with van der Waals surface area (Å²) in [6, 6.07) is 17.6. The molecule has 0 unspecified atom stereocenters. The van der Waals surface area contributed by atoms with Gasteiger partial charge in [0.15, 0.2) is 6.04 Å². The molecule has 26 heavy (non-hydrogen) atoms. The normalized spacial score (nSPS) is 12.7. The first-order valence-electron chi connectivity index (χ1n) is 8.30. The van der Waals surface area contributed by atoms with E-state index in [-0.39, 0.29) is 13.2 Å². The maximum absolute atomic E-state index is 12.4. The molecule has 6 heteroatoms. The number of hydrogen-bond acceptors (Lipinski definition) is 5. The first-order valence-corrected chi connectivity index (χ1v) is 8.30. The van der Waals surface area contributed by atoms with Crippen LogP contribution in [0.4, 0.5) is 4.79 Å². The largest absolute Gasteiger partial charge is 0.459 e. The molecule has 0 spiro atoms. The third kappa shape index (κ3) is 6.22. The Morgan fingerprint density at radius 2 is 1.38 bits per heavy atom. The van der Waals surface area contributed by atoms with Gasteiger partial charge in [-0.05, 0) is 18.1 Å². The Bertz CT molecular complexity index is 690. The smallest absolute Gasteiger partial charge is 0.408 e. The van der Waals surface area contributed by atoms with Crippen molar-refractivity contribution in [2.24, 2.45) is 0 Å². The Labute approximate surface area is 153 Å². The van der Waals surface area contributed by atoms with E-state index >= 15 is 0 Å². The molecule has 0 bridgehead atoms. The average Bonchev–Trinajstić information content (AvgIpc) is 2.69. The van der Waals surface area contributed by atoms with E-state index in [0.29, 0.717) is 0 Å². The fourth-order valence-electron chi connectivity index (χ4n) is 2.21. The lowest BCUT2D eigenvalue weighted by molar-refractivity contribution is -0.150. The minimum absolute atomic E-state index is 0.111. The Morgan fingerprint density at radius 1 is 0.885 bits per heavy atom. The molecule has 1 N–H and O–H groups in total. The number of hydrogen-bond donors (Lipinski definition) is 1. The van der Waals surface area contributed by atoms with Gasteiger partial charge in [-0.15, -0.1) is 0 Å². The minimum Gasteiger partial charge on any atom is -0.459 e. The highest BCUT2D eigenvalue weighted by Crippen LogP contribution is 2.07. The number of ether oxygens (including phenoxy) is 3. The van der Waals surface area contributed by atoms with Gasteiger partial charge in [-0.1, -0.05) is 60.7 Å². The molecule has 0 aromatic heterocycles. The molecule has 0 aliphatic carbocycles. The van der Waals surface area contributed by atoms with Crippen LogP contribution < -0.4 is 5.32 Å². The highest BCUT2D eigenvalue weighted by molar-refractivity contribution is 5.82. The standard InChI is InChI=1S/C20H23NO5/c1-15(24-2)18(19(22)25-13-16-9-5-3-6-10-16)21-20(23)26-14-17-11-7-4-8-12-17/h3-12,15,18H,13-14H2,1-2H3,(H,21,23)/t15-,18+/m0/s1. The van der Waals surface area contributed by atoms with E-state index in [0.717, 1.165) is 11.1 Å². The van der Waals surface area contributed by atoms with Crippen LogP contribution in [-0.4, -0.2) is 31.3 Å². The molecule has 2 aromatic carbocycles. The Hall–Kier alpha value is -2.86. The van der Waals surface area contributed by atoms with Gasteiger partial charge in [-0.25, -0.2) is 9.59 Å². The fraction of sp³-hybridized carbons (Fsp3) is 0.300. The first kappa shape index (κ1) is 19.5. The van der Waals surface area contributed by atoms with Crippen molar-refractivity contribution >= 4 is 12.1 Å². The molecule has 1 amide bonds. The van der Waals surface area contributed by atoms with E-state index < -0.39 is 24.2 Å². The van der Waals surface area contributed by atoms with Crippen LogP contribution in [-0.2, 0) is 32.2 Å². The number of esters is 1. The summed E-state index contributed by atoms with van der Waals surface area (Å²) in [5.74, 6) is -0.583. The lowest BCUT2D eigenvalue weighted by Crippen LogP contribution is -2.49. The van der Waals surface area contributed by atoms with Gasteiger partial charge in [-0.2, -0.15) is 0 Å². The van der Waals surface area contributed by atoms with Crippen molar-refractivity contribution in [1.82, 2.24) is 5.32 Å². The molecule has 0 saturated heterocycles. The molecule has 0 radical (unpaired) electrons. The van der Waals surface area contributed by atoms with Gasteiger partial charge in [0.1, 0.15) is 13.2 Å². The van der Waals surface area contributed by atoms with Crippen molar-refractivity contribution < 1.29 is 23.8 Å². The molecule has 2 atom stereocenters. The first-order chi connectivity index (χ1) is 12.6. The summed E-state index contributed by atoms with van der Waals surface area (Å²) in [5.41, 5.74) is 1.71. The maximum Gasteiger partial charge on any atom is 0.408 e. The van der Waals surface area contributed by atoms with Gasteiger partial charge in [0.05, 0.1) is 6.10 Å². The number of carbonyl (C=O) groups is 2. The average molecular weight is 357 g/mol. The van der Waals surface area contributed by atoms with E-state index in [4.69, 9.17) is 14.2 Å². The second-order valence-corrected chi connectivity index (χ2v) is 5.72. The van der Waals surface area contributed by atoms with Gasteiger partial charge in [0, 0.05) is 7.11 Å². The van der Waals surface area contributed by atoms with E-state index in [2.05, 4.69) is 5.32 Å². The van der Waals surface area contributed by atoms with Crippen molar-refractivity contribution in [3.63, 3.8) is 0 Å². The summed E-state index contributed by atoms with van der Waals surface area (Å²) < 4.78 is 15.6. The van der Waals surface area contributed by atoms with E-state index in [1.807, 2.05) is 60.7 Å². The quantitative estimate of drug-likeness (QED) is 0.735. The molecule has 0 aliphatic heterocycles. The number of alkyl carbamates (subject to hydrolysis) is 1. The summed E-state index contributed by atoms with van der Waals surface area (Å²) in [6.07, 6.45) is -1.28. The molecular weight excluding hydrogens is 334 g/mol. The fourth-order valence-corrected chi connectivity index (χ4v) is 2.21. The van der Waals surface area contributed by atoms with Crippen LogP contribution in [0.15, 0.2) is 60.7 Å². The summed E-state index contributed by atoms with van der Waals surface area (Å²) in [4.78, 5) is 24.4. The van der Waals surface area contributed by atoms with E-state index in [1.165, 1.54) is 7.11 Å². The molecular formula is C20H23NO5. The summed E-state index contributed by atoms with van der Waals surface area (Å²) in [6.45, 7) is 1.90. The van der Waals surface area contributed by atoms with Crippen molar-refractivity contribution in [2.75, 3.05) is 7.11 Å². The van der Waals surface area contributed by atoms with Crippen molar-refractivity contribution in [3.05, 3.63) is 71.8 Å². The van der Waals surface area contributed by atoms with Gasteiger partial charge < -0.3 is 19.5 Å². The zero-order chi connectivity index (χ0) is 18.8. The number of nitrogens with one attached hydrogen (secondary N) is 1. The monoisotopic (exact) mass is 357 g/mol. The molecule has 6 nitrogen and oxygen atoms in total. The van der Waals surface area contributed by atoms with Gasteiger partial charge in [-0.3, -0.25) is 0 Å². The molecule has 0 aliphatic rings. The highest BCUT2D eigenvalue weighted by atomic mass is 16.6. The molecule has 138 valence electrons. The Balaban J connectivity index is 1.89. The SMILES string of the molecule is CO[C@@H](C)[C@@H](NC(=O)OCc1ccccc1)C(=O)OCc1ccccc1. The predicted molar refractivity (Wildman–Crippen MR) is 96.3 cm³/mol. The maximum atomic E-state index is 12.4. The highest BCUT2D eigenvalue weighted by Gasteiger charge is 2.29.